The Morgan fingerprint density at radius 1 is 1.22 bits per heavy atom. The van der Waals surface area contributed by atoms with Crippen molar-refractivity contribution in [3.63, 3.8) is 0 Å². The first kappa shape index (κ1) is 24.5. The summed E-state index contributed by atoms with van der Waals surface area (Å²) in [6.07, 6.45) is 3.46. The van der Waals surface area contributed by atoms with Gasteiger partial charge in [-0.2, -0.15) is 5.26 Å². The standard InChI is InChI=1S/C28H23BrN4O4/c1-16-25(28(35)33-24-12-7-18(29)14-31-24)27(26-21(32-16)3-2-4-22(26)34)23-11-10-20(37-23)15-36-19-8-5-17(13-30)6-9-19/h5-12,14,25,27,32H,1-4,15H2,(H,31,33,35). The maximum Gasteiger partial charge on any atom is 0.235 e. The number of amides is 1. The highest BCUT2D eigenvalue weighted by Crippen LogP contribution is 2.44. The molecule has 3 heterocycles. The van der Waals surface area contributed by atoms with Gasteiger partial charge in [0, 0.05) is 34.1 Å². The highest BCUT2D eigenvalue weighted by atomic mass is 79.9. The molecule has 0 spiro atoms. The Hall–Kier alpha value is -4.16. The van der Waals surface area contributed by atoms with Crippen LogP contribution in [0.2, 0.25) is 0 Å². The highest BCUT2D eigenvalue weighted by molar-refractivity contribution is 9.10. The number of Topliss-reactive ketones (excluding diaryl/α,β-unsaturated/α-hetero) is 1. The molecule has 2 atom stereocenters. The van der Waals surface area contributed by atoms with Gasteiger partial charge in [-0.15, -0.1) is 0 Å². The Balaban J connectivity index is 1.43. The zero-order valence-corrected chi connectivity index (χ0v) is 21.4. The topological polar surface area (TPSA) is 117 Å². The van der Waals surface area contributed by atoms with E-state index in [0.717, 1.165) is 16.6 Å². The third-order valence-corrected chi connectivity index (χ3v) is 6.87. The van der Waals surface area contributed by atoms with Crippen LogP contribution in [0, 0.1) is 17.2 Å². The summed E-state index contributed by atoms with van der Waals surface area (Å²) in [7, 11) is 0. The Bertz CT molecular complexity index is 1430. The number of halogens is 1. The van der Waals surface area contributed by atoms with E-state index < -0.39 is 11.8 Å². The fourth-order valence-corrected chi connectivity index (χ4v) is 4.92. The molecule has 2 aliphatic rings. The number of hydrogen-bond donors (Lipinski definition) is 2. The maximum atomic E-state index is 13.5. The molecule has 2 N–H and O–H groups in total. The lowest BCUT2D eigenvalue weighted by Crippen LogP contribution is -2.42. The lowest BCUT2D eigenvalue weighted by molar-refractivity contribution is -0.120. The van der Waals surface area contributed by atoms with Crippen LogP contribution in [0.4, 0.5) is 5.82 Å². The molecule has 1 aromatic carbocycles. The number of allylic oxidation sites excluding steroid dienone is 2. The molecule has 0 fully saturated rings. The second-order valence-corrected chi connectivity index (χ2v) is 9.77. The predicted molar refractivity (Wildman–Crippen MR) is 139 cm³/mol. The first-order chi connectivity index (χ1) is 17.9. The van der Waals surface area contributed by atoms with E-state index >= 15 is 0 Å². The summed E-state index contributed by atoms with van der Waals surface area (Å²) in [4.78, 5) is 30.8. The van der Waals surface area contributed by atoms with Crippen molar-refractivity contribution < 1.29 is 18.7 Å². The molecule has 0 saturated heterocycles. The van der Waals surface area contributed by atoms with Crippen LogP contribution >= 0.6 is 15.9 Å². The van der Waals surface area contributed by atoms with Crippen LogP contribution in [-0.4, -0.2) is 16.7 Å². The first-order valence-corrected chi connectivity index (χ1v) is 12.6. The van der Waals surface area contributed by atoms with Crippen LogP contribution in [0.25, 0.3) is 0 Å². The van der Waals surface area contributed by atoms with Crippen LogP contribution < -0.4 is 15.4 Å². The zero-order chi connectivity index (χ0) is 25.9. The van der Waals surface area contributed by atoms with Crippen molar-refractivity contribution >= 4 is 33.4 Å². The molecule has 0 bridgehead atoms. The van der Waals surface area contributed by atoms with Gasteiger partial charge in [-0.25, -0.2) is 4.98 Å². The van der Waals surface area contributed by atoms with Crippen LogP contribution in [0.1, 0.15) is 42.3 Å². The fourth-order valence-electron chi connectivity index (χ4n) is 4.68. The summed E-state index contributed by atoms with van der Waals surface area (Å²) in [5.41, 5.74) is 2.41. The molecular formula is C28H23BrN4O4. The van der Waals surface area contributed by atoms with Gasteiger partial charge in [-0.1, -0.05) is 6.58 Å². The minimum absolute atomic E-state index is 0.00222. The minimum Gasteiger partial charge on any atom is -0.486 e. The van der Waals surface area contributed by atoms with E-state index in [2.05, 4.69) is 44.2 Å². The summed E-state index contributed by atoms with van der Waals surface area (Å²) in [5, 5.41) is 15.0. The second kappa shape index (κ2) is 10.4. The number of ether oxygens (including phenoxy) is 1. The number of nitrogens with zero attached hydrogens (tertiary/aromatic N) is 2. The molecule has 37 heavy (non-hydrogen) atoms. The quantitative estimate of drug-likeness (QED) is 0.418. The molecule has 3 aromatic rings. The number of pyridine rings is 1. The molecule has 1 aliphatic heterocycles. The molecular weight excluding hydrogens is 536 g/mol. The van der Waals surface area contributed by atoms with E-state index in [-0.39, 0.29) is 18.3 Å². The van der Waals surface area contributed by atoms with E-state index in [4.69, 9.17) is 14.4 Å². The average molecular weight is 559 g/mol. The number of anilines is 1. The number of aromatic nitrogens is 1. The van der Waals surface area contributed by atoms with Crippen molar-refractivity contribution in [2.45, 2.75) is 31.8 Å². The van der Waals surface area contributed by atoms with Crippen LogP contribution in [0.3, 0.4) is 0 Å². The molecule has 0 saturated carbocycles. The molecule has 2 unspecified atom stereocenters. The summed E-state index contributed by atoms with van der Waals surface area (Å²) >= 11 is 3.34. The van der Waals surface area contributed by atoms with Gasteiger partial charge >= 0.3 is 0 Å². The predicted octanol–water partition coefficient (Wildman–Crippen LogP) is 5.35. The van der Waals surface area contributed by atoms with Gasteiger partial charge in [0.2, 0.25) is 5.91 Å². The van der Waals surface area contributed by atoms with Gasteiger partial charge in [-0.05, 0) is 77.3 Å². The molecule has 0 radical (unpaired) electrons. The molecule has 9 heteroatoms. The smallest absolute Gasteiger partial charge is 0.235 e. The number of carbonyl (C=O) groups is 2. The number of nitriles is 1. The van der Waals surface area contributed by atoms with Crippen LogP contribution in [0.5, 0.6) is 5.75 Å². The van der Waals surface area contributed by atoms with Crippen LogP contribution in [0.15, 0.2) is 87.2 Å². The minimum atomic E-state index is -0.787. The van der Waals surface area contributed by atoms with Crippen molar-refractivity contribution in [1.29, 1.82) is 5.26 Å². The van der Waals surface area contributed by atoms with Crippen molar-refractivity contribution in [1.82, 2.24) is 10.3 Å². The molecule has 5 rings (SSSR count). The lowest BCUT2D eigenvalue weighted by Gasteiger charge is -2.37. The van der Waals surface area contributed by atoms with Gasteiger partial charge < -0.3 is 19.8 Å². The van der Waals surface area contributed by atoms with Crippen molar-refractivity contribution in [3.05, 3.63) is 99.8 Å². The Morgan fingerprint density at radius 2 is 2.03 bits per heavy atom. The third kappa shape index (κ3) is 5.20. The van der Waals surface area contributed by atoms with Gasteiger partial charge in [0.1, 0.15) is 29.7 Å². The van der Waals surface area contributed by atoms with Gasteiger partial charge in [0.15, 0.2) is 5.78 Å². The Labute approximate surface area is 222 Å². The monoisotopic (exact) mass is 558 g/mol. The largest absolute Gasteiger partial charge is 0.486 e. The summed E-state index contributed by atoms with van der Waals surface area (Å²) in [6.45, 7) is 4.28. The molecule has 2 aromatic heterocycles. The third-order valence-electron chi connectivity index (χ3n) is 6.40. The normalized spacial score (nSPS) is 19.0. The summed E-state index contributed by atoms with van der Waals surface area (Å²) in [6, 6.07) is 15.9. The lowest BCUT2D eigenvalue weighted by atomic mass is 9.73. The number of furan rings is 1. The fraction of sp³-hybridized carbons (Fsp3) is 0.214. The average Bonchev–Trinajstić information content (AvgIpc) is 3.37. The zero-order valence-electron chi connectivity index (χ0n) is 19.8. The van der Waals surface area contributed by atoms with Crippen molar-refractivity contribution in [2.75, 3.05) is 5.32 Å². The van der Waals surface area contributed by atoms with Gasteiger partial charge in [0.25, 0.3) is 0 Å². The first-order valence-electron chi connectivity index (χ1n) is 11.8. The van der Waals surface area contributed by atoms with Crippen molar-refractivity contribution in [3.8, 4) is 11.8 Å². The number of hydrogen-bond acceptors (Lipinski definition) is 7. The molecule has 186 valence electrons. The number of rotatable bonds is 6. The molecule has 1 aliphatic carbocycles. The number of carbonyl (C=O) groups excluding carboxylic acids is 2. The van der Waals surface area contributed by atoms with Gasteiger partial charge in [0.05, 0.1) is 23.5 Å². The Kier molecular flexibility index (Phi) is 6.93. The van der Waals surface area contributed by atoms with E-state index in [0.29, 0.717) is 52.8 Å². The van der Waals surface area contributed by atoms with E-state index in [1.165, 1.54) is 0 Å². The molecule has 1 amide bonds. The van der Waals surface area contributed by atoms with Crippen LogP contribution in [-0.2, 0) is 16.2 Å². The SMILES string of the molecule is C=C1NC2=C(C(=O)CCC2)C(c2ccc(COc3ccc(C#N)cc3)o2)C1C(=O)Nc1ccc(Br)cn1. The summed E-state index contributed by atoms with van der Waals surface area (Å²) < 4.78 is 12.7. The second-order valence-electron chi connectivity index (χ2n) is 8.85. The Morgan fingerprint density at radius 3 is 2.76 bits per heavy atom. The van der Waals surface area contributed by atoms with Crippen molar-refractivity contribution in [2.24, 2.45) is 5.92 Å². The maximum absolute atomic E-state index is 13.5. The number of ketones is 1. The highest BCUT2D eigenvalue weighted by Gasteiger charge is 2.44. The molecule has 8 nitrogen and oxygen atoms in total. The van der Waals surface area contributed by atoms with E-state index in [1.54, 1.807) is 54.7 Å². The number of nitrogens with one attached hydrogen (secondary N) is 2. The number of benzene rings is 1. The van der Waals surface area contributed by atoms with E-state index in [1.807, 2.05) is 0 Å². The summed E-state index contributed by atoms with van der Waals surface area (Å²) in [5.74, 6) is 0.270. The van der Waals surface area contributed by atoms with Gasteiger partial charge in [-0.3, -0.25) is 9.59 Å². The van der Waals surface area contributed by atoms with E-state index in [9.17, 15) is 9.59 Å².